The fourth-order valence-electron chi connectivity index (χ4n) is 3.06. The summed E-state index contributed by atoms with van der Waals surface area (Å²) in [7, 11) is 1.00. The Labute approximate surface area is 153 Å². The van der Waals surface area contributed by atoms with Crippen LogP contribution in [0.5, 0.6) is 0 Å². The van der Waals surface area contributed by atoms with Gasteiger partial charge in [0.1, 0.15) is 0 Å². The second-order valence-electron chi connectivity index (χ2n) is 5.69. The lowest BCUT2D eigenvalue weighted by molar-refractivity contribution is -0.125. The SMILES string of the molecule is CO.FC(F)OCCNc1ncc2c(Br)cc(C3CCCCC3)n2n1. The zero-order chi connectivity index (χ0) is 18.2. The lowest BCUT2D eigenvalue weighted by Gasteiger charge is -2.21. The van der Waals surface area contributed by atoms with E-state index in [1.165, 1.54) is 37.8 Å². The van der Waals surface area contributed by atoms with Crippen LogP contribution in [0.15, 0.2) is 16.7 Å². The number of aromatic nitrogens is 3. The Morgan fingerprint density at radius 1 is 1.36 bits per heavy atom. The Bertz CT molecular complexity index is 663. The van der Waals surface area contributed by atoms with Gasteiger partial charge in [-0.1, -0.05) is 19.3 Å². The normalized spacial score (nSPS) is 15.3. The van der Waals surface area contributed by atoms with E-state index < -0.39 is 6.61 Å². The molecule has 0 atom stereocenters. The number of fused-ring (bicyclic) bond motifs is 1. The average Bonchev–Trinajstić information content (AvgIpc) is 2.97. The van der Waals surface area contributed by atoms with Crippen molar-refractivity contribution in [1.29, 1.82) is 0 Å². The van der Waals surface area contributed by atoms with Crippen molar-refractivity contribution in [2.75, 3.05) is 25.6 Å². The molecule has 0 radical (unpaired) electrons. The molecule has 0 saturated heterocycles. The van der Waals surface area contributed by atoms with Crippen molar-refractivity contribution in [3.8, 4) is 0 Å². The minimum absolute atomic E-state index is 0.0933. The van der Waals surface area contributed by atoms with Gasteiger partial charge in [0, 0.05) is 29.7 Å². The lowest BCUT2D eigenvalue weighted by atomic mass is 9.87. The Kier molecular flexibility index (Phi) is 7.98. The largest absolute Gasteiger partial charge is 0.400 e. The first-order valence-electron chi connectivity index (χ1n) is 8.27. The van der Waals surface area contributed by atoms with E-state index in [-0.39, 0.29) is 13.2 Å². The van der Waals surface area contributed by atoms with Crippen molar-refractivity contribution in [1.82, 2.24) is 14.6 Å². The van der Waals surface area contributed by atoms with Gasteiger partial charge in [-0.15, -0.1) is 5.10 Å². The first-order valence-corrected chi connectivity index (χ1v) is 9.07. The van der Waals surface area contributed by atoms with Gasteiger partial charge in [0.15, 0.2) is 0 Å². The number of hydrogen-bond acceptors (Lipinski definition) is 5. The highest BCUT2D eigenvalue weighted by atomic mass is 79.9. The van der Waals surface area contributed by atoms with Crippen LogP contribution >= 0.6 is 15.9 Å². The van der Waals surface area contributed by atoms with Crippen LogP contribution in [-0.2, 0) is 4.74 Å². The zero-order valence-corrected chi connectivity index (χ0v) is 15.7. The van der Waals surface area contributed by atoms with Crippen LogP contribution in [0, 0.1) is 0 Å². The first kappa shape index (κ1) is 20.0. The molecule has 140 valence electrons. The fraction of sp³-hybridized carbons (Fsp3) is 0.625. The number of hydrogen-bond donors (Lipinski definition) is 2. The van der Waals surface area contributed by atoms with Gasteiger partial charge in [0.05, 0.1) is 18.3 Å². The van der Waals surface area contributed by atoms with Gasteiger partial charge in [-0.2, -0.15) is 8.78 Å². The van der Waals surface area contributed by atoms with Crippen molar-refractivity contribution in [3.63, 3.8) is 0 Å². The highest BCUT2D eigenvalue weighted by molar-refractivity contribution is 9.10. The molecule has 0 aliphatic heterocycles. The molecular weight excluding hydrogens is 398 g/mol. The summed E-state index contributed by atoms with van der Waals surface area (Å²) in [6, 6.07) is 2.11. The summed E-state index contributed by atoms with van der Waals surface area (Å²) in [5.41, 5.74) is 2.10. The molecule has 0 spiro atoms. The Morgan fingerprint density at radius 2 is 2.08 bits per heavy atom. The van der Waals surface area contributed by atoms with Crippen molar-refractivity contribution in [2.45, 2.75) is 44.6 Å². The summed E-state index contributed by atoms with van der Waals surface area (Å²) in [6.45, 7) is -2.61. The van der Waals surface area contributed by atoms with Gasteiger partial charge in [-0.3, -0.25) is 0 Å². The molecule has 25 heavy (non-hydrogen) atoms. The Balaban J connectivity index is 0.00000109. The number of aliphatic hydroxyl groups excluding tert-OH is 1. The number of rotatable bonds is 6. The molecule has 1 saturated carbocycles. The molecule has 1 aliphatic carbocycles. The van der Waals surface area contributed by atoms with Crippen molar-refractivity contribution in [3.05, 3.63) is 22.4 Å². The molecule has 1 fully saturated rings. The molecule has 2 aromatic heterocycles. The molecule has 0 bridgehead atoms. The van der Waals surface area contributed by atoms with E-state index in [0.717, 1.165) is 17.1 Å². The molecular formula is C16H23BrF2N4O2. The summed E-state index contributed by atoms with van der Waals surface area (Å²) in [6.07, 6.45) is 7.88. The molecule has 0 aromatic carbocycles. The second kappa shape index (κ2) is 9.98. The Morgan fingerprint density at radius 3 is 2.76 bits per heavy atom. The third-order valence-corrected chi connectivity index (χ3v) is 4.78. The van der Waals surface area contributed by atoms with E-state index in [2.05, 4.69) is 42.1 Å². The predicted octanol–water partition coefficient (Wildman–Crippen LogP) is 3.80. The number of aliphatic hydroxyl groups is 1. The number of halogens is 3. The molecule has 0 unspecified atom stereocenters. The van der Waals surface area contributed by atoms with Crippen LogP contribution < -0.4 is 5.32 Å². The van der Waals surface area contributed by atoms with Crippen LogP contribution in [-0.4, -0.2) is 46.6 Å². The Hall–Kier alpha value is -1.32. The highest BCUT2D eigenvalue weighted by Gasteiger charge is 2.21. The third kappa shape index (κ3) is 5.32. The highest BCUT2D eigenvalue weighted by Crippen LogP contribution is 2.35. The van der Waals surface area contributed by atoms with Gasteiger partial charge >= 0.3 is 6.61 Å². The van der Waals surface area contributed by atoms with Gasteiger partial charge in [-0.05, 0) is 34.8 Å². The maximum absolute atomic E-state index is 11.9. The van der Waals surface area contributed by atoms with Crippen molar-refractivity contribution in [2.24, 2.45) is 0 Å². The van der Waals surface area contributed by atoms with Gasteiger partial charge in [0.25, 0.3) is 0 Å². The van der Waals surface area contributed by atoms with Crippen LogP contribution in [0.25, 0.3) is 5.52 Å². The number of ether oxygens (including phenoxy) is 1. The van der Waals surface area contributed by atoms with E-state index in [4.69, 9.17) is 5.11 Å². The van der Waals surface area contributed by atoms with Crippen LogP contribution in [0.3, 0.4) is 0 Å². The van der Waals surface area contributed by atoms with Crippen LogP contribution in [0.1, 0.15) is 43.7 Å². The minimum atomic E-state index is -2.75. The van der Waals surface area contributed by atoms with Crippen molar-refractivity contribution >= 4 is 27.4 Å². The van der Waals surface area contributed by atoms with Crippen LogP contribution in [0.4, 0.5) is 14.7 Å². The molecule has 0 amide bonds. The number of anilines is 1. The van der Waals surface area contributed by atoms with Gasteiger partial charge in [-0.25, -0.2) is 9.50 Å². The molecule has 3 rings (SSSR count). The molecule has 6 nitrogen and oxygen atoms in total. The lowest BCUT2D eigenvalue weighted by Crippen LogP contribution is -2.15. The fourth-order valence-corrected chi connectivity index (χ4v) is 3.56. The standard InChI is InChI=1S/C15H19BrF2N4O.CH4O/c16-11-8-12(10-4-2-1-3-5-10)22-13(11)9-20-15(21-22)19-6-7-23-14(17)18;1-2/h8-10,14H,1-7H2,(H,19,21);2H,1H3. The first-order chi connectivity index (χ1) is 12.1. The van der Waals surface area contributed by atoms with E-state index in [1.807, 2.05) is 4.52 Å². The van der Waals surface area contributed by atoms with E-state index >= 15 is 0 Å². The molecule has 9 heteroatoms. The summed E-state index contributed by atoms with van der Waals surface area (Å²) >= 11 is 3.56. The average molecular weight is 421 g/mol. The zero-order valence-electron chi connectivity index (χ0n) is 14.1. The molecule has 2 heterocycles. The predicted molar refractivity (Wildman–Crippen MR) is 95.1 cm³/mol. The smallest absolute Gasteiger partial charge is 0.345 e. The summed E-state index contributed by atoms with van der Waals surface area (Å²) < 4.78 is 31.0. The summed E-state index contributed by atoms with van der Waals surface area (Å²) in [5, 5.41) is 14.4. The van der Waals surface area contributed by atoms with Crippen molar-refractivity contribution < 1.29 is 18.6 Å². The molecule has 1 aliphatic rings. The van der Waals surface area contributed by atoms with Gasteiger partial charge in [0.2, 0.25) is 5.95 Å². The molecule has 2 N–H and O–H groups in total. The number of nitrogens with one attached hydrogen (secondary N) is 1. The number of alkyl halides is 2. The maximum atomic E-state index is 11.9. The van der Waals surface area contributed by atoms with Crippen LogP contribution in [0.2, 0.25) is 0 Å². The van der Waals surface area contributed by atoms with E-state index in [1.54, 1.807) is 6.20 Å². The second-order valence-corrected chi connectivity index (χ2v) is 6.54. The van der Waals surface area contributed by atoms with E-state index in [0.29, 0.717) is 11.9 Å². The molecule has 2 aromatic rings. The monoisotopic (exact) mass is 420 g/mol. The van der Waals surface area contributed by atoms with E-state index in [9.17, 15) is 8.78 Å². The van der Waals surface area contributed by atoms with Gasteiger partial charge < -0.3 is 15.2 Å². The quantitative estimate of drug-likeness (QED) is 0.695. The summed E-state index contributed by atoms with van der Waals surface area (Å²) in [5.74, 6) is 0.919. The minimum Gasteiger partial charge on any atom is -0.400 e. The summed E-state index contributed by atoms with van der Waals surface area (Å²) in [4.78, 5) is 4.23. The topological polar surface area (TPSA) is 71.7 Å². The third-order valence-electron chi connectivity index (χ3n) is 4.15. The maximum Gasteiger partial charge on any atom is 0.345 e. The number of nitrogens with zero attached hydrogens (tertiary/aromatic N) is 3.